The highest BCUT2D eigenvalue weighted by molar-refractivity contribution is 6.31. The molecule has 1 aromatic carbocycles. The summed E-state index contributed by atoms with van der Waals surface area (Å²) in [5.41, 5.74) is 0.731. The number of carbonyl (C=O) groups is 1. The highest BCUT2D eigenvalue weighted by atomic mass is 35.5. The predicted molar refractivity (Wildman–Crippen MR) is 72.2 cm³/mol. The van der Waals surface area contributed by atoms with E-state index in [1.807, 2.05) is 44.2 Å². The number of carbonyl (C=O) groups excluding carboxylic acids is 1. The van der Waals surface area contributed by atoms with Gasteiger partial charge in [-0.1, -0.05) is 29.8 Å². The minimum Gasteiger partial charge on any atom is -0.350 e. The standard InChI is InChI=1S/C14H17ClN2O/c1-14(2,17-13(18)8-10-16)9-7-11-5-3-4-6-12(11)15/h3-6H,7-9H2,1-2H3,(H,17,18). The van der Waals surface area contributed by atoms with E-state index in [-0.39, 0.29) is 17.9 Å². The van der Waals surface area contributed by atoms with Gasteiger partial charge in [-0.15, -0.1) is 0 Å². The van der Waals surface area contributed by atoms with Crippen molar-refractivity contribution in [2.45, 2.75) is 38.6 Å². The lowest BCUT2D eigenvalue weighted by Crippen LogP contribution is -2.43. The lowest BCUT2D eigenvalue weighted by atomic mass is 9.95. The van der Waals surface area contributed by atoms with Crippen LogP contribution in [0.4, 0.5) is 0 Å². The van der Waals surface area contributed by atoms with Crippen LogP contribution >= 0.6 is 11.6 Å². The molecule has 0 saturated heterocycles. The zero-order valence-corrected chi connectivity index (χ0v) is 11.4. The third-order valence-corrected chi connectivity index (χ3v) is 3.06. The Hall–Kier alpha value is -1.53. The molecule has 0 bridgehead atoms. The Morgan fingerprint density at radius 3 is 2.72 bits per heavy atom. The van der Waals surface area contributed by atoms with Crippen molar-refractivity contribution in [3.8, 4) is 6.07 Å². The number of nitrogens with one attached hydrogen (secondary N) is 1. The van der Waals surface area contributed by atoms with Crippen LogP contribution in [0.15, 0.2) is 24.3 Å². The zero-order valence-electron chi connectivity index (χ0n) is 10.7. The molecular weight excluding hydrogens is 248 g/mol. The van der Waals surface area contributed by atoms with Gasteiger partial charge in [-0.25, -0.2) is 0 Å². The molecule has 0 heterocycles. The third kappa shape index (κ3) is 4.77. The van der Waals surface area contributed by atoms with Gasteiger partial charge in [0.05, 0.1) is 6.07 Å². The number of aryl methyl sites for hydroxylation is 1. The molecule has 1 amide bonds. The second-order valence-corrected chi connectivity index (χ2v) is 5.27. The first-order valence-corrected chi connectivity index (χ1v) is 6.24. The van der Waals surface area contributed by atoms with Crippen LogP contribution in [0.25, 0.3) is 0 Å². The Labute approximate surface area is 113 Å². The van der Waals surface area contributed by atoms with Crippen LogP contribution in [0.2, 0.25) is 5.02 Å². The smallest absolute Gasteiger partial charge is 0.234 e. The summed E-state index contributed by atoms with van der Waals surface area (Å²) in [4.78, 5) is 11.4. The van der Waals surface area contributed by atoms with Crippen LogP contribution in [-0.4, -0.2) is 11.4 Å². The van der Waals surface area contributed by atoms with Gasteiger partial charge < -0.3 is 5.32 Å². The van der Waals surface area contributed by atoms with Crippen molar-refractivity contribution in [1.29, 1.82) is 5.26 Å². The van der Waals surface area contributed by atoms with Crippen molar-refractivity contribution in [2.75, 3.05) is 0 Å². The number of hydrogen-bond acceptors (Lipinski definition) is 2. The van der Waals surface area contributed by atoms with Crippen LogP contribution < -0.4 is 5.32 Å². The number of amides is 1. The van der Waals surface area contributed by atoms with Crippen LogP contribution in [0.5, 0.6) is 0 Å². The Morgan fingerprint density at radius 1 is 1.44 bits per heavy atom. The average Bonchev–Trinajstić information content (AvgIpc) is 2.27. The summed E-state index contributed by atoms with van der Waals surface area (Å²) < 4.78 is 0. The van der Waals surface area contributed by atoms with Gasteiger partial charge in [0, 0.05) is 10.6 Å². The van der Waals surface area contributed by atoms with E-state index in [0.717, 1.165) is 23.4 Å². The van der Waals surface area contributed by atoms with Crippen LogP contribution in [0, 0.1) is 11.3 Å². The minimum absolute atomic E-state index is 0.102. The number of hydrogen-bond donors (Lipinski definition) is 1. The molecule has 0 fully saturated rings. The first-order chi connectivity index (χ1) is 8.44. The van der Waals surface area contributed by atoms with Gasteiger partial charge in [0.2, 0.25) is 5.91 Å². The maximum absolute atomic E-state index is 11.4. The van der Waals surface area contributed by atoms with E-state index < -0.39 is 0 Å². The number of rotatable bonds is 5. The summed E-state index contributed by atoms with van der Waals surface area (Å²) >= 11 is 6.08. The van der Waals surface area contributed by atoms with Crippen LogP contribution in [0.1, 0.15) is 32.3 Å². The van der Waals surface area contributed by atoms with E-state index in [0.29, 0.717) is 0 Å². The molecule has 0 atom stereocenters. The predicted octanol–water partition coefficient (Wildman–Crippen LogP) is 3.08. The largest absolute Gasteiger partial charge is 0.350 e. The summed E-state index contributed by atoms with van der Waals surface area (Å²) in [6, 6.07) is 9.52. The molecule has 18 heavy (non-hydrogen) atoms. The van der Waals surface area contributed by atoms with Crippen molar-refractivity contribution >= 4 is 17.5 Å². The molecule has 96 valence electrons. The van der Waals surface area contributed by atoms with Gasteiger partial charge in [-0.05, 0) is 38.3 Å². The quantitative estimate of drug-likeness (QED) is 0.889. The topological polar surface area (TPSA) is 52.9 Å². The van der Waals surface area contributed by atoms with E-state index in [4.69, 9.17) is 16.9 Å². The third-order valence-electron chi connectivity index (χ3n) is 2.69. The molecule has 0 saturated carbocycles. The van der Waals surface area contributed by atoms with Gasteiger partial charge in [-0.2, -0.15) is 5.26 Å². The summed E-state index contributed by atoms with van der Waals surface area (Å²) in [7, 11) is 0. The lowest BCUT2D eigenvalue weighted by Gasteiger charge is -2.26. The Kier molecular flexibility index (Phi) is 5.18. The van der Waals surface area contributed by atoms with Gasteiger partial charge in [0.1, 0.15) is 6.42 Å². The number of halogens is 1. The Bertz CT molecular complexity index is 463. The second-order valence-electron chi connectivity index (χ2n) is 4.86. The van der Waals surface area contributed by atoms with Crippen molar-refractivity contribution in [1.82, 2.24) is 5.32 Å². The van der Waals surface area contributed by atoms with Gasteiger partial charge in [0.25, 0.3) is 0 Å². The summed E-state index contributed by atoms with van der Waals surface area (Å²) in [5, 5.41) is 12.0. The van der Waals surface area contributed by atoms with Crippen molar-refractivity contribution in [3.63, 3.8) is 0 Å². The van der Waals surface area contributed by atoms with Crippen molar-refractivity contribution < 1.29 is 4.79 Å². The van der Waals surface area contributed by atoms with Gasteiger partial charge in [0.15, 0.2) is 0 Å². The van der Waals surface area contributed by atoms with E-state index in [1.165, 1.54) is 0 Å². The van der Waals surface area contributed by atoms with Gasteiger partial charge >= 0.3 is 0 Å². The Morgan fingerprint density at radius 2 is 2.11 bits per heavy atom. The zero-order chi connectivity index (χ0) is 13.6. The maximum atomic E-state index is 11.4. The normalized spacial score (nSPS) is 10.8. The molecule has 1 rings (SSSR count). The van der Waals surface area contributed by atoms with Crippen LogP contribution in [-0.2, 0) is 11.2 Å². The van der Waals surface area contributed by atoms with Gasteiger partial charge in [-0.3, -0.25) is 4.79 Å². The fourth-order valence-corrected chi connectivity index (χ4v) is 1.93. The molecule has 4 heteroatoms. The number of nitrogens with zero attached hydrogens (tertiary/aromatic N) is 1. The molecule has 0 spiro atoms. The summed E-state index contributed by atoms with van der Waals surface area (Å²) in [6.07, 6.45) is 1.46. The molecule has 0 aliphatic heterocycles. The molecule has 3 nitrogen and oxygen atoms in total. The molecular formula is C14H17ClN2O. The lowest BCUT2D eigenvalue weighted by molar-refractivity contribution is -0.121. The molecule has 0 unspecified atom stereocenters. The Balaban J connectivity index is 2.54. The molecule has 1 N–H and O–H groups in total. The molecule has 0 radical (unpaired) electrons. The van der Waals surface area contributed by atoms with Crippen LogP contribution in [0.3, 0.4) is 0 Å². The summed E-state index contributed by atoms with van der Waals surface area (Å²) in [5.74, 6) is -0.235. The SMILES string of the molecule is CC(C)(CCc1ccccc1Cl)NC(=O)CC#N. The van der Waals surface area contributed by atoms with E-state index in [9.17, 15) is 4.79 Å². The fraction of sp³-hybridized carbons (Fsp3) is 0.429. The van der Waals surface area contributed by atoms with Crippen molar-refractivity contribution in [2.24, 2.45) is 0 Å². The molecule has 1 aromatic rings. The van der Waals surface area contributed by atoms with Crippen molar-refractivity contribution in [3.05, 3.63) is 34.9 Å². The number of benzene rings is 1. The fourth-order valence-electron chi connectivity index (χ4n) is 1.70. The molecule has 0 aliphatic carbocycles. The highest BCUT2D eigenvalue weighted by Crippen LogP contribution is 2.20. The monoisotopic (exact) mass is 264 g/mol. The summed E-state index contributed by atoms with van der Waals surface area (Å²) in [6.45, 7) is 3.89. The van der Waals surface area contributed by atoms with E-state index >= 15 is 0 Å². The highest BCUT2D eigenvalue weighted by Gasteiger charge is 2.20. The van der Waals surface area contributed by atoms with E-state index in [1.54, 1.807) is 0 Å². The molecule has 0 aromatic heterocycles. The van der Waals surface area contributed by atoms with E-state index in [2.05, 4.69) is 5.32 Å². The maximum Gasteiger partial charge on any atom is 0.234 e. The first kappa shape index (κ1) is 14.5. The average molecular weight is 265 g/mol. The number of nitriles is 1. The second kappa shape index (κ2) is 6.42. The molecule has 0 aliphatic rings. The minimum atomic E-state index is -0.340. The first-order valence-electron chi connectivity index (χ1n) is 5.86.